The van der Waals surface area contributed by atoms with Crippen molar-refractivity contribution in [1.29, 1.82) is 0 Å². The number of nitrogens with two attached hydrogens (primary N) is 1. The largest absolute Gasteiger partial charge is 0.419 e. The second kappa shape index (κ2) is 6.27. The number of aryl methyl sites for hydroxylation is 1. The van der Waals surface area contributed by atoms with Crippen LogP contribution in [0.1, 0.15) is 18.0 Å². The van der Waals surface area contributed by atoms with Crippen LogP contribution in [0.15, 0.2) is 40.9 Å². The first kappa shape index (κ1) is 13.4. The average molecular weight is 284 g/mol. The SMILES string of the molecule is NCCCc1cn(Cc2nnc(-c3ccccc3)o2)nn1. The minimum atomic E-state index is 0.412. The molecule has 1 aromatic carbocycles. The van der Waals surface area contributed by atoms with E-state index >= 15 is 0 Å². The Morgan fingerprint density at radius 1 is 1.10 bits per heavy atom. The minimum Gasteiger partial charge on any atom is -0.419 e. The van der Waals surface area contributed by atoms with Gasteiger partial charge in [-0.15, -0.1) is 15.3 Å². The number of aromatic nitrogens is 5. The van der Waals surface area contributed by atoms with Crippen molar-refractivity contribution in [2.45, 2.75) is 19.4 Å². The highest BCUT2D eigenvalue weighted by atomic mass is 16.4. The molecule has 3 aromatic rings. The lowest BCUT2D eigenvalue weighted by Gasteiger charge is -1.94. The van der Waals surface area contributed by atoms with Crippen LogP contribution in [0.4, 0.5) is 0 Å². The molecule has 0 atom stereocenters. The van der Waals surface area contributed by atoms with Crippen molar-refractivity contribution in [2.24, 2.45) is 5.73 Å². The number of nitrogens with zero attached hydrogens (tertiary/aromatic N) is 5. The van der Waals surface area contributed by atoms with Gasteiger partial charge in [0, 0.05) is 11.8 Å². The summed E-state index contributed by atoms with van der Waals surface area (Å²) in [4.78, 5) is 0. The zero-order valence-electron chi connectivity index (χ0n) is 11.5. The van der Waals surface area contributed by atoms with Gasteiger partial charge in [0.05, 0.1) is 5.69 Å². The highest BCUT2D eigenvalue weighted by molar-refractivity contribution is 5.51. The van der Waals surface area contributed by atoms with Crippen LogP contribution in [0.5, 0.6) is 0 Å². The summed E-state index contributed by atoms with van der Waals surface area (Å²) in [5.41, 5.74) is 7.30. The number of hydrogen-bond donors (Lipinski definition) is 1. The van der Waals surface area contributed by atoms with Crippen molar-refractivity contribution in [3.8, 4) is 11.5 Å². The van der Waals surface area contributed by atoms with E-state index in [-0.39, 0.29) is 0 Å². The Morgan fingerprint density at radius 3 is 2.76 bits per heavy atom. The Balaban J connectivity index is 1.68. The van der Waals surface area contributed by atoms with Gasteiger partial charge in [0.1, 0.15) is 6.54 Å². The lowest BCUT2D eigenvalue weighted by Crippen LogP contribution is -2.01. The molecule has 0 fully saturated rings. The summed E-state index contributed by atoms with van der Waals surface area (Å²) >= 11 is 0. The molecular weight excluding hydrogens is 268 g/mol. The van der Waals surface area contributed by atoms with Crippen molar-refractivity contribution in [2.75, 3.05) is 6.54 Å². The Bertz CT molecular complexity index is 690. The van der Waals surface area contributed by atoms with E-state index < -0.39 is 0 Å². The molecule has 0 aliphatic heterocycles. The molecule has 0 amide bonds. The second-order valence-corrected chi connectivity index (χ2v) is 4.67. The summed E-state index contributed by atoms with van der Waals surface area (Å²) in [6, 6.07) is 9.66. The third-order valence-electron chi connectivity index (χ3n) is 3.01. The smallest absolute Gasteiger partial charge is 0.247 e. The molecule has 3 rings (SSSR count). The molecule has 2 N–H and O–H groups in total. The predicted molar refractivity (Wildman–Crippen MR) is 76.2 cm³/mol. The van der Waals surface area contributed by atoms with Crippen LogP contribution in [0.25, 0.3) is 11.5 Å². The summed E-state index contributed by atoms with van der Waals surface area (Å²) in [7, 11) is 0. The van der Waals surface area contributed by atoms with E-state index in [1.54, 1.807) is 4.68 Å². The quantitative estimate of drug-likeness (QED) is 0.732. The van der Waals surface area contributed by atoms with E-state index in [0.29, 0.717) is 24.9 Å². The molecule has 0 aliphatic rings. The van der Waals surface area contributed by atoms with Crippen LogP contribution < -0.4 is 5.73 Å². The fourth-order valence-corrected chi connectivity index (χ4v) is 1.97. The normalized spacial score (nSPS) is 10.9. The van der Waals surface area contributed by atoms with Crippen molar-refractivity contribution in [3.05, 3.63) is 48.1 Å². The Kier molecular flexibility index (Phi) is 4.02. The summed E-state index contributed by atoms with van der Waals surface area (Å²) in [5.74, 6) is 1.01. The van der Waals surface area contributed by atoms with Crippen molar-refractivity contribution in [1.82, 2.24) is 25.2 Å². The molecule has 0 radical (unpaired) electrons. The summed E-state index contributed by atoms with van der Waals surface area (Å²) < 4.78 is 7.32. The Morgan fingerprint density at radius 2 is 1.95 bits per heavy atom. The van der Waals surface area contributed by atoms with Crippen LogP contribution in [-0.4, -0.2) is 31.7 Å². The molecule has 0 saturated heterocycles. The van der Waals surface area contributed by atoms with Crippen LogP contribution in [0.3, 0.4) is 0 Å². The zero-order chi connectivity index (χ0) is 14.5. The maximum atomic E-state index is 5.63. The number of rotatable bonds is 6. The Hall–Kier alpha value is -2.54. The van der Waals surface area contributed by atoms with Crippen LogP contribution in [0, 0.1) is 0 Å². The van der Waals surface area contributed by atoms with Gasteiger partial charge in [0.25, 0.3) is 0 Å². The monoisotopic (exact) mass is 284 g/mol. The maximum Gasteiger partial charge on any atom is 0.247 e. The predicted octanol–water partition coefficient (Wildman–Crippen LogP) is 1.27. The van der Waals surface area contributed by atoms with Crippen molar-refractivity contribution >= 4 is 0 Å². The standard InChI is InChI=1S/C14H16N6O/c15-8-4-7-12-9-20(19-16-12)10-13-17-18-14(21-13)11-5-2-1-3-6-11/h1-3,5-6,9H,4,7-8,10,15H2. The van der Waals surface area contributed by atoms with Crippen molar-refractivity contribution < 1.29 is 4.42 Å². The highest BCUT2D eigenvalue weighted by Gasteiger charge is 2.09. The second-order valence-electron chi connectivity index (χ2n) is 4.67. The molecule has 0 bridgehead atoms. The molecular formula is C14H16N6O. The van der Waals surface area contributed by atoms with Crippen LogP contribution in [0.2, 0.25) is 0 Å². The van der Waals surface area contributed by atoms with Gasteiger partial charge < -0.3 is 10.2 Å². The summed E-state index contributed by atoms with van der Waals surface area (Å²) in [6.07, 6.45) is 3.61. The van der Waals surface area contributed by atoms with E-state index in [9.17, 15) is 0 Å². The number of hydrogen-bond acceptors (Lipinski definition) is 6. The lowest BCUT2D eigenvalue weighted by molar-refractivity contribution is 0.469. The topological polar surface area (TPSA) is 95.7 Å². The van der Waals surface area contributed by atoms with Gasteiger partial charge in [-0.3, -0.25) is 0 Å². The molecule has 0 spiro atoms. The average Bonchev–Trinajstić information content (AvgIpc) is 3.16. The fraction of sp³-hybridized carbons (Fsp3) is 0.286. The third-order valence-corrected chi connectivity index (χ3v) is 3.01. The van der Waals surface area contributed by atoms with Gasteiger partial charge in [-0.25, -0.2) is 4.68 Å². The highest BCUT2D eigenvalue weighted by Crippen LogP contribution is 2.17. The minimum absolute atomic E-state index is 0.412. The third kappa shape index (κ3) is 3.32. The van der Waals surface area contributed by atoms with Crippen LogP contribution in [-0.2, 0) is 13.0 Å². The van der Waals surface area contributed by atoms with Crippen LogP contribution >= 0.6 is 0 Å². The molecule has 108 valence electrons. The first-order chi connectivity index (χ1) is 10.3. The van der Waals surface area contributed by atoms with E-state index in [0.717, 1.165) is 24.1 Å². The first-order valence-electron chi connectivity index (χ1n) is 6.82. The fourth-order valence-electron chi connectivity index (χ4n) is 1.97. The van der Waals surface area contributed by atoms with E-state index in [1.807, 2.05) is 36.5 Å². The first-order valence-corrected chi connectivity index (χ1v) is 6.82. The van der Waals surface area contributed by atoms with Gasteiger partial charge in [-0.05, 0) is 31.5 Å². The van der Waals surface area contributed by atoms with Gasteiger partial charge >= 0.3 is 0 Å². The molecule has 0 saturated carbocycles. The number of benzene rings is 1. The van der Waals surface area contributed by atoms with Gasteiger partial charge in [0.15, 0.2) is 0 Å². The maximum absolute atomic E-state index is 5.63. The Labute approximate surface area is 121 Å². The summed E-state index contributed by atoms with van der Waals surface area (Å²) in [6.45, 7) is 1.06. The van der Waals surface area contributed by atoms with E-state index in [2.05, 4.69) is 20.5 Å². The molecule has 7 heteroatoms. The van der Waals surface area contributed by atoms with E-state index in [4.69, 9.17) is 10.2 Å². The van der Waals surface area contributed by atoms with Gasteiger partial charge in [0.2, 0.25) is 11.8 Å². The lowest BCUT2D eigenvalue weighted by atomic mass is 10.2. The molecule has 7 nitrogen and oxygen atoms in total. The van der Waals surface area contributed by atoms with Gasteiger partial charge in [-0.1, -0.05) is 23.4 Å². The molecule has 0 aliphatic carbocycles. The zero-order valence-corrected chi connectivity index (χ0v) is 11.5. The van der Waals surface area contributed by atoms with E-state index in [1.165, 1.54) is 0 Å². The molecule has 2 heterocycles. The molecule has 21 heavy (non-hydrogen) atoms. The van der Waals surface area contributed by atoms with Crippen molar-refractivity contribution in [3.63, 3.8) is 0 Å². The molecule has 0 unspecified atom stereocenters. The molecule has 2 aromatic heterocycles. The summed E-state index contributed by atoms with van der Waals surface area (Å²) in [5, 5.41) is 16.2. The van der Waals surface area contributed by atoms with Gasteiger partial charge in [-0.2, -0.15) is 0 Å².